The highest BCUT2D eigenvalue weighted by Crippen LogP contribution is 2.31. The summed E-state index contributed by atoms with van der Waals surface area (Å²) in [5.41, 5.74) is 2.75. The molecule has 0 aliphatic carbocycles. The van der Waals surface area contributed by atoms with Crippen LogP contribution in [0.1, 0.15) is 40.3 Å². The molecular weight excluding hydrogens is 318 g/mol. The second kappa shape index (κ2) is 6.69. The van der Waals surface area contributed by atoms with E-state index in [4.69, 9.17) is 0 Å². The van der Waals surface area contributed by atoms with Crippen LogP contribution in [0.3, 0.4) is 0 Å². The van der Waals surface area contributed by atoms with Gasteiger partial charge >= 0.3 is 0 Å². The molecule has 1 nitrogen and oxygen atoms in total. The third kappa shape index (κ3) is 3.68. The Morgan fingerprint density at radius 2 is 1.89 bits per heavy atom. The second-order valence-electron chi connectivity index (χ2n) is 4.81. The molecule has 102 valence electrons. The van der Waals surface area contributed by atoms with Crippen molar-refractivity contribution in [3.63, 3.8) is 0 Å². The van der Waals surface area contributed by atoms with Gasteiger partial charge in [-0.05, 0) is 56.1 Å². The van der Waals surface area contributed by atoms with E-state index in [1.165, 1.54) is 20.9 Å². The van der Waals surface area contributed by atoms with Gasteiger partial charge in [-0.2, -0.15) is 0 Å². The van der Waals surface area contributed by atoms with Crippen LogP contribution in [0.25, 0.3) is 0 Å². The number of halogens is 1. The lowest BCUT2D eigenvalue weighted by atomic mass is 9.99. The molecule has 1 N–H and O–H groups in total. The van der Waals surface area contributed by atoms with Crippen molar-refractivity contribution in [3.05, 3.63) is 55.7 Å². The van der Waals surface area contributed by atoms with Gasteiger partial charge in [0.25, 0.3) is 0 Å². The summed E-state index contributed by atoms with van der Waals surface area (Å²) in [7, 11) is 0. The summed E-state index contributed by atoms with van der Waals surface area (Å²) in [6, 6.07) is 11.2. The molecule has 1 atom stereocenters. The van der Waals surface area contributed by atoms with Crippen LogP contribution in [0.4, 0.5) is 0 Å². The van der Waals surface area contributed by atoms with Gasteiger partial charge < -0.3 is 5.32 Å². The van der Waals surface area contributed by atoms with E-state index < -0.39 is 0 Å². The van der Waals surface area contributed by atoms with Crippen LogP contribution < -0.4 is 5.32 Å². The van der Waals surface area contributed by atoms with Crippen LogP contribution in [0, 0.1) is 13.8 Å². The van der Waals surface area contributed by atoms with Crippen molar-refractivity contribution in [3.8, 4) is 0 Å². The number of nitrogens with one attached hydrogen (secondary N) is 1. The molecule has 1 unspecified atom stereocenters. The maximum atomic E-state index is 3.67. The molecule has 0 aliphatic rings. The molecule has 0 radical (unpaired) electrons. The van der Waals surface area contributed by atoms with Gasteiger partial charge in [0.2, 0.25) is 0 Å². The zero-order valence-electron chi connectivity index (χ0n) is 11.7. The first kappa shape index (κ1) is 14.8. The van der Waals surface area contributed by atoms with E-state index in [-0.39, 0.29) is 0 Å². The van der Waals surface area contributed by atoms with Crippen LogP contribution in [0.2, 0.25) is 0 Å². The summed E-state index contributed by atoms with van der Waals surface area (Å²) in [5, 5.41) is 3.67. The Bertz CT molecular complexity index is 530. The first-order valence-corrected chi connectivity index (χ1v) is 8.28. The quantitative estimate of drug-likeness (QED) is 0.788. The van der Waals surface area contributed by atoms with Gasteiger partial charge in [-0.25, -0.2) is 0 Å². The SMILES string of the molecule is CCCNC(c1ccc(Br)cc1)c1cc(C)sc1C. The molecule has 0 amide bonds. The average molecular weight is 338 g/mol. The van der Waals surface area contributed by atoms with E-state index in [1.54, 1.807) is 0 Å². The van der Waals surface area contributed by atoms with Crippen molar-refractivity contribution >= 4 is 27.3 Å². The van der Waals surface area contributed by atoms with Crippen molar-refractivity contribution in [1.29, 1.82) is 0 Å². The summed E-state index contributed by atoms with van der Waals surface area (Å²) in [6.45, 7) is 7.64. The predicted octanol–water partition coefficient (Wildman–Crippen LogP) is 5.22. The molecule has 0 aliphatic heterocycles. The maximum Gasteiger partial charge on any atom is 0.0587 e. The fourth-order valence-electron chi connectivity index (χ4n) is 2.29. The third-order valence-electron chi connectivity index (χ3n) is 3.19. The Morgan fingerprint density at radius 3 is 2.42 bits per heavy atom. The largest absolute Gasteiger partial charge is 0.306 e. The van der Waals surface area contributed by atoms with E-state index >= 15 is 0 Å². The molecule has 0 saturated carbocycles. The molecule has 2 aromatic rings. The van der Waals surface area contributed by atoms with Crippen molar-refractivity contribution in [2.45, 2.75) is 33.2 Å². The summed E-state index contributed by atoms with van der Waals surface area (Å²) in [4.78, 5) is 2.79. The molecule has 0 bridgehead atoms. The van der Waals surface area contributed by atoms with E-state index in [1.807, 2.05) is 11.3 Å². The predicted molar refractivity (Wildman–Crippen MR) is 88.1 cm³/mol. The van der Waals surface area contributed by atoms with Gasteiger partial charge in [-0.15, -0.1) is 11.3 Å². The summed E-state index contributed by atoms with van der Waals surface area (Å²) >= 11 is 5.38. The number of rotatable bonds is 5. The maximum absolute atomic E-state index is 3.67. The van der Waals surface area contributed by atoms with Gasteiger partial charge in [0.15, 0.2) is 0 Å². The number of benzene rings is 1. The zero-order valence-corrected chi connectivity index (χ0v) is 14.1. The van der Waals surface area contributed by atoms with Crippen LogP contribution >= 0.6 is 27.3 Å². The van der Waals surface area contributed by atoms with Crippen LogP contribution in [-0.2, 0) is 0 Å². The van der Waals surface area contributed by atoms with E-state index in [0.29, 0.717) is 6.04 Å². The van der Waals surface area contributed by atoms with Crippen molar-refractivity contribution < 1.29 is 0 Å². The van der Waals surface area contributed by atoms with Gasteiger partial charge in [0.1, 0.15) is 0 Å². The number of thiophene rings is 1. The number of aryl methyl sites for hydroxylation is 2. The van der Waals surface area contributed by atoms with Gasteiger partial charge in [0.05, 0.1) is 6.04 Å². The molecule has 1 aromatic heterocycles. The molecule has 3 heteroatoms. The first-order chi connectivity index (χ1) is 9.11. The first-order valence-electron chi connectivity index (χ1n) is 6.67. The van der Waals surface area contributed by atoms with Gasteiger partial charge in [-0.3, -0.25) is 0 Å². The molecule has 0 spiro atoms. The Balaban J connectivity index is 2.35. The van der Waals surface area contributed by atoms with E-state index in [0.717, 1.165) is 17.4 Å². The molecule has 1 heterocycles. The van der Waals surface area contributed by atoms with E-state index in [9.17, 15) is 0 Å². The smallest absolute Gasteiger partial charge is 0.0587 e. The highest BCUT2D eigenvalue weighted by atomic mass is 79.9. The average Bonchev–Trinajstić information content (AvgIpc) is 2.71. The molecule has 19 heavy (non-hydrogen) atoms. The Hall–Kier alpha value is -0.640. The number of hydrogen-bond donors (Lipinski definition) is 1. The van der Waals surface area contributed by atoms with Crippen molar-refractivity contribution in [2.75, 3.05) is 6.54 Å². The standard InChI is InChI=1S/C16H20BrNS/c1-4-9-18-16(13-5-7-14(17)8-6-13)15-10-11(2)19-12(15)3/h5-8,10,16,18H,4,9H2,1-3H3. The summed E-state index contributed by atoms with van der Waals surface area (Å²) < 4.78 is 1.13. The molecular formula is C16H20BrNS. The van der Waals surface area contributed by atoms with Gasteiger partial charge in [0, 0.05) is 14.2 Å². The minimum absolute atomic E-state index is 0.304. The number of hydrogen-bond acceptors (Lipinski definition) is 2. The van der Waals surface area contributed by atoms with Crippen LogP contribution in [0.5, 0.6) is 0 Å². The van der Waals surface area contributed by atoms with Crippen LogP contribution in [0.15, 0.2) is 34.8 Å². The Kier molecular flexibility index (Phi) is 5.20. The van der Waals surface area contributed by atoms with Gasteiger partial charge in [-0.1, -0.05) is 35.0 Å². The topological polar surface area (TPSA) is 12.0 Å². The Morgan fingerprint density at radius 1 is 1.21 bits per heavy atom. The highest BCUT2D eigenvalue weighted by Gasteiger charge is 2.17. The lowest BCUT2D eigenvalue weighted by Crippen LogP contribution is -2.23. The normalized spacial score (nSPS) is 12.6. The molecule has 2 rings (SSSR count). The molecule has 0 fully saturated rings. The molecule has 0 saturated heterocycles. The Labute approximate surface area is 128 Å². The highest BCUT2D eigenvalue weighted by molar-refractivity contribution is 9.10. The summed E-state index contributed by atoms with van der Waals surface area (Å²) in [5.74, 6) is 0. The van der Waals surface area contributed by atoms with Crippen molar-refractivity contribution in [1.82, 2.24) is 5.32 Å². The zero-order chi connectivity index (χ0) is 13.8. The van der Waals surface area contributed by atoms with Crippen molar-refractivity contribution in [2.24, 2.45) is 0 Å². The second-order valence-corrected chi connectivity index (χ2v) is 7.18. The lowest BCUT2D eigenvalue weighted by molar-refractivity contribution is 0.598. The lowest BCUT2D eigenvalue weighted by Gasteiger charge is -2.19. The fraction of sp³-hybridized carbons (Fsp3) is 0.375. The monoisotopic (exact) mass is 337 g/mol. The minimum atomic E-state index is 0.304. The molecule has 1 aromatic carbocycles. The third-order valence-corrected chi connectivity index (χ3v) is 4.70. The van der Waals surface area contributed by atoms with Crippen LogP contribution in [-0.4, -0.2) is 6.54 Å². The van der Waals surface area contributed by atoms with E-state index in [2.05, 4.69) is 72.3 Å². The minimum Gasteiger partial charge on any atom is -0.306 e. The summed E-state index contributed by atoms with van der Waals surface area (Å²) in [6.07, 6.45) is 1.15. The fourth-order valence-corrected chi connectivity index (χ4v) is 3.52.